The van der Waals surface area contributed by atoms with Crippen molar-refractivity contribution >= 4 is 11.8 Å². The Balaban J connectivity index is 1.80. The molecule has 29 heavy (non-hydrogen) atoms. The Morgan fingerprint density at radius 3 is 2.38 bits per heavy atom. The van der Waals surface area contributed by atoms with Gasteiger partial charge in [0.1, 0.15) is 5.82 Å². The summed E-state index contributed by atoms with van der Waals surface area (Å²) in [6.07, 6.45) is -3.14. The standard InChI is InChI=1S/C20H25F4N3O2/c1-19(2,3)16(11-6-7-12(13(21)8-11)20(22,23)24)27-18(29)14-9-15(28)26-17(25-14)10-4-5-10/h6-8,10,14,16-17,25H,4-5,9H2,1-3H3,(H,26,28)(H,27,29)/t14?,16-,17?/m0/s1. The van der Waals surface area contributed by atoms with Crippen LogP contribution in [0.3, 0.4) is 0 Å². The van der Waals surface area contributed by atoms with Crippen molar-refractivity contribution < 1.29 is 27.2 Å². The van der Waals surface area contributed by atoms with E-state index in [0.717, 1.165) is 18.9 Å². The summed E-state index contributed by atoms with van der Waals surface area (Å²) < 4.78 is 52.7. The first-order chi connectivity index (χ1) is 13.4. The normalized spacial score (nSPS) is 24.0. The Morgan fingerprint density at radius 1 is 1.21 bits per heavy atom. The molecular formula is C20H25F4N3O2. The lowest BCUT2D eigenvalue weighted by atomic mass is 9.81. The molecule has 1 aliphatic heterocycles. The number of hydrogen-bond acceptors (Lipinski definition) is 3. The molecule has 1 saturated heterocycles. The van der Waals surface area contributed by atoms with Crippen molar-refractivity contribution in [2.75, 3.05) is 0 Å². The Bertz CT molecular complexity index is 800. The van der Waals surface area contributed by atoms with Crippen LogP contribution in [0.5, 0.6) is 0 Å². The molecule has 3 atom stereocenters. The van der Waals surface area contributed by atoms with Crippen LogP contribution in [0.2, 0.25) is 0 Å². The number of alkyl halides is 3. The van der Waals surface area contributed by atoms with Crippen molar-refractivity contribution in [3.63, 3.8) is 0 Å². The largest absolute Gasteiger partial charge is 0.419 e. The van der Waals surface area contributed by atoms with Crippen LogP contribution in [0.25, 0.3) is 0 Å². The third-order valence-corrected chi connectivity index (χ3v) is 5.28. The number of halogens is 4. The molecule has 2 aliphatic rings. The lowest BCUT2D eigenvalue weighted by Crippen LogP contribution is -2.62. The zero-order valence-electron chi connectivity index (χ0n) is 16.5. The van der Waals surface area contributed by atoms with Crippen LogP contribution in [0, 0.1) is 17.2 Å². The van der Waals surface area contributed by atoms with E-state index >= 15 is 0 Å². The Labute approximate surface area is 166 Å². The van der Waals surface area contributed by atoms with E-state index in [1.807, 2.05) is 0 Å². The predicted octanol–water partition coefficient (Wildman–Crippen LogP) is 3.26. The molecule has 160 valence electrons. The lowest BCUT2D eigenvalue weighted by molar-refractivity contribution is -0.140. The van der Waals surface area contributed by atoms with Crippen LogP contribution in [0.1, 0.15) is 57.2 Å². The van der Waals surface area contributed by atoms with Gasteiger partial charge in [-0.2, -0.15) is 13.2 Å². The Hall–Kier alpha value is -2.16. The van der Waals surface area contributed by atoms with Crippen molar-refractivity contribution in [2.24, 2.45) is 11.3 Å². The Morgan fingerprint density at radius 2 is 1.86 bits per heavy atom. The minimum Gasteiger partial charge on any atom is -0.347 e. The fraction of sp³-hybridized carbons (Fsp3) is 0.600. The molecule has 5 nitrogen and oxygen atoms in total. The molecule has 1 aliphatic carbocycles. The summed E-state index contributed by atoms with van der Waals surface area (Å²) in [5.41, 5.74) is -1.72. The summed E-state index contributed by atoms with van der Waals surface area (Å²) >= 11 is 0. The van der Waals surface area contributed by atoms with Crippen LogP contribution in [-0.4, -0.2) is 24.0 Å². The van der Waals surface area contributed by atoms with Gasteiger partial charge >= 0.3 is 6.18 Å². The van der Waals surface area contributed by atoms with Gasteiger partial charge in [-0.3, -0.25) is 14.9 Å². The molecule has 1 saturated carbocycles. The van der Waals surface area contributed by atoms with Crippen LogP contribution < -0.4 is 16.0 Å². The maximum absolute atomic E-state index is 14.1. The highest BCUT2D eigenvalue weighted by molar-refractivity contribution is 5.89. The molecule has 9 heteroatoms. The zero-order chi connectivity index (χ0) is 21.6. The predicted molar refractivity (Wildman–Crippen MR) is 97.9 cm³/mol. The molecule has 1 aromatic rings. The van der Waals surface area contributed by atoms with Gasteiger partial charge in [-0.1, -0.05) is 26.8 Å². The maximum atomic E-state index is 14.1. The van der Waals surface area contributed by atoms with E-state index in [2.05, 4.69) is 16.0 Å². The first kappa shape index (κ1) is 21.5. The second kappa shape index (κ2) is 7.59. The van der Waals surface area contributed by atoms with E-state index in [9.17, 15) is 27.2 Å². The van der Waals surface area contributed by atoms with Gasteiger partial charge in [0, 0.05) is 0 Å². The molecule has 1 aromatic carbocycles. The summed E-state index contributed by atoms with van der Waals surface area (Å²) in [4.78, 5) is 24.8. The number of amides is 2. The molecule has 2 fully saturated rings. The van der Waals surface area contributed by atoms with Crippen LogP contribution in [0.15, 0.2) is 18.2 Å². The average molecular weight is 415 g/mol. The van der Waals surface area contributed by atoms with E-state index in [-0.39, 0.29) is 24.1 Å². The SMILES string of the molecule is CC(C)(C)[C@@H](NC(=O)C1CC(=O)NC(C2CC2)N1)c1ccc(C(F)(F)F)c(F)c1. The first-order valence-electron chi connectivity index (χ1n) is 9.58. The highest BCUT2D eigenvalue weighted by atomic mass is 19.4. The van der Waals surface area contributed by atoms with Gasteiger partial charge in [0.05, 0.1) is 30.2 Å². The fourth-order valence-corrected chi connectivity index (χ4v) is 3.57. The second-order valence-corrected chi connectivity index (χ2v) is 8.85. The Kier molecular flexibility index (Phi) is 5.64. The molecule has 0 bridgehead atoms. The average Bonchev–Trinajstić information content (AvgIpc) is 3.41. The number of carbonyl (C=O) groups excluding carboxylic acids is 2. The number of benzene rings is 1. The topological polar surface area (TPSA) is 70.2 Å². The molecule has 3 rings (SSSR count). The van der Waals surface area contributed by atoms with Gasteiger partial charge in [-0.05, 0) is 41.9 Å². The van der Waals surface area contributed by atoms with Crippen LogP contribution in [0.4, 0.5) is 17.6 Å². The number of carbonyl (C=O) groups is 2. The minimum atomic E-state index is -4.79. The zero-order valence-corrected chi connectivity index (χ0v) is 16.5. The van der Waals surface area contributed by atoms with E-state index in [4.69, 9.17) is 0 Å². The van der Waals surface area contributed by atoms with E-state index in [1.54, 1.807) is 20.8 Å². The second-order valence-electron chi connectivity index (χ2n) is 8.85. The van der Waals surface area contributed by atoms with E-state index in [1.165, 1.54) is 6.07 Å². The molecule has 1 heterocycles. The van der Waals surface area contributed by atoms with Gasteiger partial charge in [0.15, 0.2) is 0 Å². The summed E-state index contributed by atoms with van der Waals surface area (Å²) in [6.45, 7) is 5.38. The summed E-state index contributed by atoms with van der Waals surface area (Å²) in [6, 6.07) is 1.19. The number of rotatable bonds is 4. The third-order valence-electron chi connectivity index (χ3n) is 5.28. The van der Waals surface area contributed by atoms with Gasteiger partial charge in [-0.25, -0.2) is 4.39 Å². The summed E-state index contributed by atoms with van der Waals surface area (Å²) in [5, 5.41) is 8.75. The third kappa shape index (κ3) is 5.07. The minimum absolute atomic E-state index is 0.0344. The van der Waals surface area contributed by atoms with Crippen molar-refractivity contribution in [1.29, 1.82) is 0 Å². The van der Waals surface area contributed by atoms with Gasteiger partial charge < -0.3 is 10.6 Å². The summed E-state index contributed by atoms with van der Waals surface area (Å²) in [7, 11) is 0. The molecular weight excluding hydrogens is 390 g/mol. The van der Waals surface area contributed by atoms with Crippen molar-refractivity contribution in [3.05, 3.63) is 35.1 Å². The van der Waals surface area contributed by atoms with Gasteiger partial charge in [-0.15, -0.1) is 0 Å². The summed E-state index contributed by atoms with van der Waals surface area (Å²) in [5.74, 6) is -1.75. The van der Waals surface area contributed by atoms with Crippen LogP contribution >= 0.6 is 0 Å². The lowest BCUT2D eigenvalue weighted by Gasteiger charge is -2.36. The monoisotopic (exact) mass is 415 g/mol. The smallest absolute Gasteiger partial charge is 0.347 e. The number of nitrogens with one attached hydrogen (secondary N) is 3. The van der Waals surface area contributed by atoms with Crippen LogP contribution in [-0.2, 0) is 15.8 Å². The quantitative estimate of drug-likeness (QED) is 0.661. The molecule has 2 unspecified atom stereocenters. The maximum Gasteiger partial charge on any atom is 0.419 e. The first-order valence-corrected chi connectivity index (χ1v) is 9.58. The van der Waals surface area contributed by atoms with Crippen molar-refractivity contribution in [2.45, 2.75) is 64.5 Å². The van der Waals surface area contributed by atoms with E-state index in [0.29, 0.717) is 12.0 Å². The highest BCUT2D eigenvalue weighted by Crippen LogP contribution is 2.37. The van der Waals surface area contributed by atoms with E-state index < -0.39 is 41.0 Å². The van der Waals surface area contributed by atoms with Gasteiger partial charge in [0.25, 0.3) is 0 Å². The molecule has 3 N–H and O–H groups in total. The number of hydrogen-bond donors (Lipinski definition) is 3. The molecule has 0 radical (unpaired) electrons. The highest BCUT2D eigenvalue weighted by Gasteiger charge is 2.40. The molecule has 0 spiro atoms. The molecule has 0 aromatic heterocycles. The van der Waals surface area contributed by atoms with Crippen molar-refractivity contribution in [1.82, 2.24) is 16.0 Å². The fourth-order valence-electron chi connectivity index (χ4n) is 3.57. The van der Waals surface area contributed by atoms with Gasteiger partial charge in [0.2, 0.25) is 11.8 Å². The van der Waals surface area contributed by atoms with Crippen molar-refractivity contribution in [3.8, 4) is 0 Å². The molecule has 2 amide bonds.